The SMILES string of the molecule is N[NH2+]c1nccn2c(C3CCC3)nc(-c3cccc(OCCN4CCCCC4)c3)c12. The zero-order chi connectivity index (χ0) is 20.3. The number of hydrogen-bond donors (Lipinski definition) is 2. The van der Waals surface area contributed by atoms with E-state index in [1.54, 1.807) is 11.6 Å². The Bertz CT molecular complexity index is 1010. The van der Waals surface area contributed by atoms with Gasteiger partial charge in [0.15, 0.2) is 5.52 Å². The Morgan fingerprint density at radius 2 is 2.00 bits per heavy atom. The maximum atomic E-state index is 6.10. The molecule has 2 fully saturated rings. The lowest BCUT2D eigenvalue weighted by atomic mass is 9.85. The van der Waals surface area contributed by atoms with Crippen LogP contribution in [-0.4, -0.2) is 45.5 Å². The number of piperidine rings is 1. The van der Waals surface area contributed by atoms with Gasteiger partial charge in [-0.2, -0.15) is 10.8 Å². The Morgan fingerprint density at radius 1 is 1.13 bits per heavy atom. The van der Waals surface area contributed by atoms with Crippen LogP contribution in [0.4, 0.5) is 5.82 Å². The molecule has 0 bridgehead atoms. The lowest BCUT2D eigenvalue weighted by Crippen LogP contribution is -2.86. The molecule has 2 aliphatic rings. The molecule has 1 aromatic carbocycles. The van der Waals surface area contributed by atoms with Crippen LogP contribution in [-0.2, 0) is 0 Å². The van der Waals surface area contributed by atoms with Crippen LogP contribution < -0.4 is 16.0 Å². The number of quaternary nitrogens is 1. The van der Waals surface area contributed by atoms with Gasteiger partial charge in [0.2, 0.25) is 0 Å². The molecule has 7 heteroatoms. The fourth-order valence-electron chi connectivity index (χ4n) is 4.57. The van der Waals surface area contributed by atoms with Crippen molar-refractivity contribution in [2.24, 2.45) is 5.84 Å². The van der Waals surface area contributed by atoms with Gasteiger partial charge in [0.1, 0.15) is 23.9 Å². The van der Waals surface area contributed by atoms with E-state index in [-0.39, 0.29) is 0 Å². The minimum Gasteiger partial charge on any atom is -0.492 e. The fourth-order valence-corrected chi connectivity index (χ4v) is 4.57. The van der Waals surface area contributed by atoms with E-state index in [4.69, 9.17) is 15.6 Å². The maximum Gasteiger partial charge on any atom is 0.270 e. The zero-order valence-corrected chi connectivity index (χ0v) is 17.5. The number of nitrogens with two attached hydrogens (primary N) is 2. The molecular formula is C23H31N6O+. The summed E-state index contributed by atoms with van der Waals surface area (Å²) < 4.78 is 8.28. The summed E-state index contributed by atoms with van der Waals surface area (Å²) in [5, 5.41) is 0. The molecule has 5 rings (SSSR count). The molecule has 0 spiro atoms. The second-order valence-corrected chi connectivity index (χ2v) is 8.42. The van der Waals surface area contributed by atoms with Gasteiger partial charge in [0.05, 0.1) is 0 Å². The van der Waals surface area contributed by atoms with Gasteiger partial charge in [-0.3, -0.25) is 9.30 Å². The molecule has 3 heterocycles. The van der Waals surface area contributed by atoms with Crippen LogP contribution in [0.25, 0.3) is 16.8 Å². The minimum atomic E-state index is 0.517. The second-order valence-electron chi connectivity index (χ2n) is 8.42. The molecule has 0 radical (unpaired) electrons. The predicted molar refractivity (Wildman–Crippen MR) is 117 cm³/mol. The first-order valence-electron chi connectivity index (χ1n) is 11.2. The quantitative estimate of drug-likeness (QED) is 0.464. The van der Waals surface area contributed by atoms with E-state index in [0.717, 1.165) is 40.7 Å². The second kappa shape index (κ2) is 8.71. The van der Waals surface area contributed by atoms with Crippen molar-refractivity contribution in [1.82, 2.24) is 19.3 Å². The molecule has 1 aliphatic carbocycles. The summed E-state index contributed by atoms with van der Waals surface area (Å²) in [5.41, 5.74) is 4.53. The Morgan fingerprint density at radius 3 is 2.77 bits per heavy atom. The minimum absolute atomic E-state index is 0.517. The summed E-state index contributed by atoms with van der Waals surface area (Å²) in [6, 6.07) is 8.26. The molecule has 0 unspecified atom stereocenters. The number of nitrogens with zero attached hydrogens (tertiary/aromatic N) is 4. The number of benzene rings is 1. The van der Waals surface area contributed by atoms with E-state index in [9.17, 15) is 0 Å². The van der Waals surface area contributed by atoms with Gasteiger partial charge in [-0.25, -0.2) is 10.4 Å². The Labute approximate surface area is 177 Å². The van der Waals surface area contributed by atoms with Gasteiger partial charge in [-0.15, -0.1) is 0 Å². The van der Waals surface area contributed by atoms with Crippen LogP contribution in [0.1, 0.15) is 50.3 Å². The monoisotopic (exact) mass is 407 g/mol. The molecule has 0 amide bonds. The number of likely N-dealkylation sites (tertiary alicyclic amines) is 1. The highest BCUT2D eigenvalue weighted by atomic mass is 16.5. The number of aromatic nitrogens is 3. The highest BCUT2D eigenvalue weighted by Crippen LogP contribution is 2.39. The number of imidazole rings is 1. The average molecular weight is 408 g/mol. The number of rotatable bonds is 7. The van der Waals surface area contributed by atoms with Gasteiger partial charge >= 0.3 is 0 Å². The van der Waals surface area contributed by atoms with Gasteiger partial charge in [-0.1, -0.05) is 25.0 Å². The first-order chi connectivity index (χ1) is 14.8. The highest BCUT2D eigenvalue weighted by Gasteiger charge is 2.28. The van der Waals surface area contributed by atoms with Crippen molar-refractivity contribution >= 4 is 11.3 Å². The zero-order valence-electron chi connectivity index (χ0n) is 17.5. The van der Waals surface area contributed by atoms with E-state index < -0.39 is 0 Å². The lowest BCUT2D eigenvalue weighted by Gasteiger charge is -2.26. The summed E-state index contributed by atoms with van der Waals surface area (Å²) in [7, 11) is 0. The van der Waals surface area contributed by atoms with Crippen LogP contribution in [0.15, 0.2) is 36.7 Å². The first kappa shape index (κ1) is 19.5. The fraction of sp³-hybridized carbons (Fsp3) is 0.478. The van der Waals surface area contributed by atoms with Crippen molar-refractivity contribution in [2.75, 3.05) is 26.2 Å². The number of ether oxygens (including phenoxy) is 1. The maximum absolute atomic E-state index is 6.10. The van der Waals surface area contributed by atoms with Crippen LogP contribution >= 0.6 is 0 Å². The summed E-state index contributed by atoms with van der Waals surface area (Å²) in [5.74, 6) is 9.19. The van der Waals surface area contributed by atoms with E-state index in [2.05, 4.69) is 26.4 Å². The molecule has 7 nitrogen and oxygen atoms in total. The first-order valence-corrected chi connectivity index (χ1v) is 11.2. The third kappa shape index (κ3) is 3.80. The molecule has 158 valence electrons. The van der Waals surface area contributed by atoms with Crippen molar-refractivity contribution in [2.45, 2.75) is 44.4 Å². The predicted octanol–water partition coefficient (Wildman–Crippen LogP) is 2.60. The standard InChI is InChI=1S/C23H30N6O/c24-27-22-21-20(26-23(17-6-4-7-17)29(21)13-10-25-22)18-8-5-9-19(16-18)30-15-14-28-11-2-1-3-12-28/h5,8-10,13,16-17H,1-4,6-7,11-12,14-15,24H2,(H,25,27)/p+1. The molecule has 3 aromatic rings. The molecular weight excluding hydrogens is 376 g/mol. The number of fused-ring (bicyclic) bond motifs is 1. The molecule has 1 aliphatic heterocycles. The van der Waals surface area contributed by atoms with Crippen LogP contribution in [0.5, 0.6) is 5.75 Å². The van der Waals surface area contributed by atoms with E-state index >= 15 is 0 Å². The number of hydrogen-bond acceptors (Lipinski definition) is 5. The Kier molecular flexibility index (Phi) is 5.66. The third-order valence-electron chi connectivity index (χ3n) is 6.47. The lowest BCUT2D eigenvalue weighted by molar-refractivity contribution is -0.586. The van der Waals surface area contributed by atoms with E-state index in [0.29, 0.717) is 12.5 Å². The van der Waals surface area contributed by atoms with Gasteiger partial charge < -0.3 is 4.74 Å². The van der Waals surface area contributed by atoms with Crippen LogP contribution in [0, 0.1) is 0 Å². The normalized spacial score (nSPS) is 17.9. The third-order valence-corrected chi connectivity index (χ3v) is 6.47. The Hall–Kier alpha value is -2.48. The summed E-state index contributed by atoms with van der Waals surface area (Å²) in [6.45, 7) is 4.09. The average Bonchev–Trinajstić information content (AvgIpc) is 3.13. The van der Waals surface area contributed by atoms with E-state index in [1.165, 1.54) is 51.6 Å². The van der Waals surface area contributed by atoms with Gasteiger partial charge in [0, 0.05) is 30.4 Å². The molecule has 1 saturated carbocycles. The molecule has 0 atom stereocenters. The molecule has 2 aromatic heterocycles. The summed E-state index contributed by atoms with van der Waals surface area (Å²) >= 11 is 0. The van der Waals surface area contributed by atoms with Crippen molar-refractivity contribution in [3.8, 4) is 17.0 Å². The van der Waals surface area contributed by atoms with Crippen molar-refractivity contribution < 1.29 is 10.2 Å². The van der Waals surface area contributed by atoms with Crippen molar-refractivity contribution in [3.63, 3.8) is 0 Å². The van der Waals surface area contributed by atoms with Crippen LogP contribution in [0.2, 0.25) is 0 Å². The Balaban J connectivity index is 1.41. The summed E-state index contributed by atoms with van der Waals surface area (Å²) in [6.07, 6.45) is 11.4. The van der Waals surface area contributed by atoms with Crippen molar-refractivity contribution in [1.29, 1.82) is 0 Å². The molecule has 30 heavy (non-hydrogen) atoms. The van der Waals surface area contributed by atoms with Gasteiger partial charge in [0.25, 0.3) is 5.82 Å². The van der Waals surface area contributed by atoms with Crippen LogP contribution in [0.3, 0.4) is 0 Å². The molecule has 1 saturated heterocycles. The highest BCUT2D eigenvalue weighted by molar-refractivity contribution is 5.83. The van der Waals surface area contributed by atoms with E-state index in [1.807, 2.05) is 18.3 Å². The summed E-state index contributed by atoms with van der Waals surface area (Å²) in [4.78, 5) is 12.0. The topological polar surface area (TPSA) is 85.3 Å². The van der Waals surface area contributed by atoms with Gasteiger partial charge in [-0.05, 0) is 50.9 Å². The van der Waals surface area contributed by atoms with Crippen molar-refractivity contribution in [3.05, 3.63) is 42.5 Å². The largest absolute Gasteiger partial charge is 0.492 e. The smallest absolute Gasteiger partial charge is 0.270 e. The molecule has 4 N–H and O–H groups in total.